The monoisotopic (exact) mass is 318 g/mol. The Hall–Kier alpha value is -2.95. The lowest BCUT2D eigenvalue weighted by Gasteiger charge is -2.18. The Balaban J connectivity index is 1.57. The van der Waals surface area contributed by atoms with Gasteiger partial charge < -0.3 is 4.90 Å². The summed E-state index contributed by atoms with van der Waals surface area (Å²) in [5.41, 5.74) is 4.73. The van der Waals surface area contributed by atoms with Crippen LogP contribution in [0.3, 0.4) is 0 Å². The average Bonchev–Trinajstić information content (AvgIpc) is 3.29. The molecule has 0 aliphatic carbocycles. The lowest BCUT2D eigenvalue weighted by atomic mass is 9.98. The van der Waals surface area contributed by atoms with Gasteiger partial charge in [-0.25, -0.2) is 4.98 Å². The Labute approximate surface area is 140 Å². The van der Waals surface area contributed by atoms with Crippen LogP contribution in [0.2, 0.25) is 0 Å². The first kappa shape index (κ1) is 14.6. The first-order valence-corrected chi connectivity index (χ1v) is 8.13. The van der Waals surface area contributed by atoms with E-state index in [1.807, 2.05) is 35.2 Å². The molecule has 120 valence electrons. The van der Waals surface area contributed by atoms with Crippen LogP contribution in [-0.2, 0) is 17.8 Å². The second-order valence-corrected chi connectivity index (χ2v) is 5.87. The molecule has 1 aromatic heterocycles. The zero-order chi connectivity index (χ0) is 16.4. The van der Waals surface area contributed by atoms with E-state index in [-0.39, 0.29) is 5.91 Å². The van der Waals surface area contributed by atoms with E-state index in [0.29, 0.717) is 13.0 Å². The largest absolute Gasteiger partial charge is 0.312 e. The van der Waals surface area contributed by atoms with Gasteiger partial charge in [0.25, 0.3) is 0 Å². The lowest BCUT2D eigenvalue weighted by Crippen LogP contribution is -2.29. The number of carbonyl (C=O) groups excluding carboxylic acids is 1. The van der Waals surface area contributed by atoms with E-state index in [0.717, 1.165) is 18.7 Å². The highest BCUT2D eigenvalue weighted by Crippen LogP contribution is 2.36. The van der Waals surface area contributed by atoms with Gasteiger partial charge in [0.15, 0.2) is 0 Å². The van der Waals surface area contributed by atoms with Crippen molar-refractivity contribution in [3.63, 3.8) is 0 Å². The van der Waals surface area contributed by atoms with Crippen molar-refractivity contribution < 1.29 is 4.79 Å². The summed E-state index contributed by atoms with van der Waals surface area (Å²) >= 11 is 0. The summed E-state index contributed by atoms with van der Waals surface area (Å²) in [6.45, 7) is 1.30. The fraction of sp³-hybridized carbons (Fsp3) is 0.211. The molecule has 2 heterocycles. The number of aryl methyl sites for hydroxylation is 1. The first-order chi connectivity index (χ1) is 11.8. The van der Waals surface area contributed by atoms with E-state index in [4.69, 9.17) is 0 Å². The van der Waals surface area contributed by atoms with Gasteiger partial charge in [0.05, 0.1) is 6.54 Å². The van der Waals surface area contributed by atoms with E-state index in [9.17, 15) is 4.79 Å². The number of rotatable bonds is 4. The van der Waals surface area contributed by atoms with Crippen molar-refractivity contribution in [2.45, 2.75) is 19.4 Å². The highest BCUT2D eigenvalue weighted by Gasteiger charge is 2.26. The van der Waals surface area contributed by atoms with Crippen molar-refractivity contribution in [1.29, 1.82) is 0 Å². The molecule has 0 saturated carbocycles. The number of amides is 1. The summed E-state index contributed by atoms with van der Waals surface area (Å²) in [6.07, 6.45) is 4.45. The third-order valence-corrected chi connectivity index (χ3v) is 4.43. The number of benzene rings is 2. The topological polar surface area (TPSA) is 51.0 Å². The summed E-state index contributed by atoms with van der Waals surface area (Å²) in [7, 11) is 0. The van der Waals surface area contributed by atoms with Crippen LogP contribution < -0.4 is 4.90 Å². The van der Waals surface area contributed by atoms with Gasteiger partial charge in [0, 0.05) is 18.7 Å². The van der Waals surface area contributed by atoms with Gasteiger partial charge >= 0.3 is 0 Å². The third-order valence-electron chi connectivity index (χ3n) is 4.43. The molecule has 0 fully saturated rings. The van der Waals surface area contributed by atoms with Crippen LogP contribution in [0, 0.1) is 0 Å². The predicted molar refractivity (Wildman–Crippen MR) is 92.6 cm³/mol. The quantitative estimate of drug-likeness (QED) is 0.743. The van der Waals surface area contributed by atoms with Crippen molar-refractivity contribution in [3.8, 4) is 11.1 Å². The number of anilines is 1. The normalized spacial score (nSPS) is 13.1. The van der Waals surface area contributed by atoms with Crippen LogP contribution in [0.5, 0.6) is 0 Å². The van der Waals surface area contributed by atoms with Gasteiger partial charge in [-0.3, -0.25) is 9.48 Å². The Kier molecular flexibility index (Phi) is 3.83. The molecule has 24 heavy (non-hydrogen) atoms. The molecule has 0 unspecified atom stereocenters. The molecule has 0 atom stereocenters. The van der Waals surface area contributed by atoms with Gasteiger partial charge in [-0.05, 0) is 29.2 Å². The first-order valence-electron chi connectivity index (χ1n) is 8.13. The smallest absolute Gasteiger partial charge is 0.228 e. The molecule has 0 radical (unpaired) electrons. The Morgan fingerprint density at radius 1 is 1.08 bits per heavy atom. The van der Waals surface area contributed by atoms with Crippen LogP contribution >= 0.6 is 0 Å². The fourth-order valence-electron chi connectivity index (χ4n) is 3.27. The molecule has 0 spiro atoms. The van der Waals surface area contributed by atoms with Crippen molar-refractivity contribution >= 4 is 11.6 Å². The molecule has 0 saturated heterocycles. The Morgan fingerprint density at radius 2 is 1.96 bits per heavy atom. The molecular weight excluding hydrogens is 300 g/mol. The van der Waals surface area contributed by atoms with Crippen molar-refractivity contribution in [3.05, 3.63) is 66.7 Å². The highest BCUT2D eigenvalue weighted by molar-refractivity contribution is 5.97. The molecule has 2 aromatic carbocycles. The second-order valence-electron chi connectivity index (χ2n) is 5.87. The van der Waals surface area contributed by atoms with Crippen LogP contribution in [0.15, 0.2) is 61.2 Å². The SMILES string of the molecule is O=C(CCn1cncn1)N1CCc2c(-c3ccccc3)cccc21. The van der Waals surface area contributed by atoms with Gasteiger partial charge in [-0.1, -0.05) is 42.5 Å². The molecule has 4 rings (SSSR count). The zero-order valence-corrected chi connectivity index (χ0v) is 13.3. The summed E-state index contributed by atoms with van der Waals surface area (Å²) in [4.78, 5) is 18.4. The fourth-order valence-corrected chi connectivity index (χ4v) is 3.27. The number of hydrogen-bond donors (Lipinski definition) is 0. The van der Waals surface area contributed by atoms with Crippen molar-refractivity contribution in [2.75, 3.05) is 11.4 Å². The van der Waals surface area contributed by atoms with E-state index in [1.165, 1.54) is 23.0 Å². The van der Waals surface area contributed by atoms with E-state index < -0.39 is 0 Å². The zero-order valence-electron chi connectivity index (χ0n) is 13.3. The molecule has 3 aromatic rings. The third kappa shape index (κ3) is 2.69. The molecule has 1 aliphatic heterocycles. The minimum absolute atomic E-state index is 0.134. The Bertz CT molecular complexity index is 843. The molecule has 0 N–H and O–H groups in total. The number of nitrogens with zero attached hydrogens (tertiary/aromatic N) is 4. The van der Waals surface area contributed by atoms with Gasteiger partial charge in [0.2, 0.25) is 5.91 Å². The van der Waals surface area contributed by atoms with E-state index >= 15 is 0 Å². The number of aromatic nitrogens is 3. The molecule has 0 bridgehead atoms. The summed E-state index contributed by atoms with van der Waals surface area (Å²) < 4.78 is 1.69. The maximum Gasteiger partial charge on any atom is 0.228 e. The maximum atomic E-state index is 12.6. The number of fused-ring (bicyclic) bond motifs is 1. The lowest BCUT2D eigenvalue weighted by molar-refractivity contribution is -0.118. The minimum Gasteiger partial charge on any atom is -0.312 e. The molecule has 1 amide bonds. The predicted octanol–water partition coefficient (Wildman–Crippen LogP) is 2.92. The number of hydrogen-bond acceptors (Lipinski definition) is 3. The van der Waals surface area contributed by atoms with Crippen molar-refractivity contribution in [2.24, 2.45) is 0 Å². The highest BCUT2D eigenvalue weighted by atomic mass is 16.2. The molecule has 1 aliphatic rings. The molecule has 5 nitrogen and oxygen atoms in total. The van der Waals surface area contributed by atoms with Gasteiger partial charge in [0.1, 0.15) is 12.7 Å². The molecular formula is C19H18N4O. The van der Waals surface area contributed by atoms with Crippen LogP contribution in [0.1, 0.15) is 12.0 Å². The van der Waals surface area contributed by atoms with Crippen LogP contribution in [-0.4, -0.2) is 27.2 Å². The summed E-state index contributed by atoms with van der Waals surface area (Å²) in [6, 6.07) is 16.6. The number of carbonyl (C=O) groups is 1. The van der Waals surface area contributed by atoms with E-state index in [1.54, 1.807) is 11.0 Å². The van der Waals surface area contributed by atoms with Crippen molar-refractivity contribution in [1.82, 2.24) is 14.8 Å². The summed E-state index contributed by atoms with van der Waals surface area (Å²) in [5, 5.41) is 4.05. The Morgan fingerprint density at radius 3 is 2.75 bits per heavy atom. The average molecular weight is 318 g/mol. The van der Waals surface area contributed by atoms with Crippen LogP contribution in [0.25, 0.3) is 11.1 Å². The van der Waals surface area contributed by atoms with Crippen LogP contribution in [0.4, 0.5) is 5.69 Å². The minimum atomic E-state index is 0.134. The second kappa shape index (κ2) is 6.28. The molecule has 5 heteroatoms. The van der Waals surface area contributed by atoms with E-state index in [2.05, 4.69) is 28.3 Å². The van der Waals surface area contributed by atoms with Gasteiger partial charge in [-0.2, -0.15) is 5.10 Å². The maximum absolute atomic E-state index is 12.6. The summed E-state index contributed by atoms with van der Waals surface area (Å²) in [5.74, 6) is 0.134. The van der Waals surface area contributed by atoms with Gasteiger partial charge in [-0.15, -0.1) is 0 Å². The standard InChI is InChI=1S/C19H18N4O/c24-19(10-11-22-14-20-13-21-22)23-12-9-17-16(7-4-8-18(17)23)15-5-2-1-3-6-15/h1-8,13-14H,9-12H2.